The number of carbonyl (C=O) groups is 1. The summed E-state index contributed by atoms with van der Waals surface area (Å²) in [6.45, 7) is 0.715. The summed E-state index contributed by atoms with van der Waals surface area (Å²) < 4.78 is 5.28. The third kappa shape index (κ3) is 3.18. The zero-order chi connectivity index (χ0) is 15.6. The Balaban J connectivity index is 1.55. The number of methoxy groups -OCH3 is 1. The van der Waals surface area contributed by atoms with Crippen LogP contribution in [-0.4, -0.2) is 36.9 Å². The molecule has 0 aromatic heterocycles. The number of hydrogen-bond donors (Lipinski definition) is 2. The minimum Gasteiger partial charge on any atom is -0.390 e. The van der Waals surface area contributed by atoms with E-state index in [1.807, 2.05) is 6.07 Å². The molecule has 1 amide bonds. The molecule has 1 aromatic rings. The molecular weight excluding hydrogens is 278 g/mol. The van der Waals surface area contributed by atoms with Crippen molar-refractivity contribution < 1.29 is 14.6 Å². The van der Waals surface area contributed by atoms with Gasteiger partial charge in [0.05, 0.1) is 12.2 Å². The molecule has 0 bridgehead atoms. The van der Waals surface area contributed by atoms with Crippen LogP contribution >= 0.6 is 0 Å². The monoisotopic (exact) mass is 303 g/mol. The highest BCUT2D eigenvalue weighted by atomic mass is 16.5. The molecule has 0 heterocycles. The smallest absolute Gasteiger partial charge is 0.223 e. The lowest BCUT2D eigenvalue weighted by molar-refractivity contribution is -0.130. The van der Waals surface area contributed by atoms with Gasteiger partial charge >= 0.3 is 0 Å². The standard InChI is InChI=1S/C18H25NO3/c1-22-16-11-13(7-8-15(16)20)17(21)19-12-18(9-10-18)14-5-3-2-4-6-14/h2-6,13,15-16,20H,7-12H2,1H3,(H,19,21)/t13-,15+,16-/m1/s1. The molecule has 2 fully saturated rings. The zero-order valence-corrected chi connectivity index (χ0v) is 13.1. The maximum Gasteiger partial charge on any atom is 0.223 e. The van der Waals surface area contributed by atoms with Crippen LogP contribution < -0.4 is 5.32 Å². The van der Waals surface area contributed by atoms with Gasteiger partial charge in [-0.3, -0.25) is 4.79 Å². The van der Waals surface area contributed by atoms with Gasteiger partial charge in [0.25, 0.3) is 0 Å². The van der Waals surface area contributed by atoms with Gasteiger partial charge in [-0.2, -0.15) is 0 Å². The molecule has 4 nitrogen and oxygen atoms in total. The first-order valence-electron chi connectivity index (χ1n) is 8.19. The molecule has 2 saturated carbocycles. The molecule has 0 spiro atoms. The Labute approximate surface area is 131 Å². The zero-order valence-electron chi connectivity index (χ0n) is 13.1. The van der Waals surface area contributed by atoms with Gasteiger partial charge in [-0.15, -0.1) is 0 Å². The van der Waals surface area contributed by atoms with E-state index >= 15 is 0 Å². The molecule has 2 aliphatic rings. The summed E-state index contributed by atoms with van der Waals surface area (Å²) in [6.07, 6.45) is 3.62. The van der Waals surface area contributed by atoms with E-state index in [0.717, 1.165) is 19.3 Å². The first-order valence-corrected chi connectivity index (χ1v) is 8.19. The van der Waals surface area contributed by atoms with Crippen molar-refractivity contribution in [3.63, 3.8) is 0 Å². The normalized spacial score (nSPS) is 29.8. The molecule has 0 saturated heterocycles. The van der Waals surface area contributed by atoms with Crippen molar-refractivity contribution in [3.8, 4) is 0 Å². The van der Waals surface area contributed by atoms with Crippen LogP contribution in [0.5, 0.6) is 0 Å². The fourth-order valence-corrected chi connectivity index (χ4v) is 3.52. The first kappa shape index (κ1) is 15.5. The molecular formula is C18H25NO3. The second-order valence-corrected chi connectivity index (χ2v) is 6.72. The largest absolute Gasteiger partial charge is 0.390 e. The van der Waals surface area contributed by atoms with Crippen LogP contribution in [-0.2, 0) is 14.9 Å². The predicted octanol–water partition coefficient (Wildman–Crippen LogP) is 2.01. The molecule has 0 radical (unpaired) electrons. The van der Waals surface area contributed by atoms with Crippen molar-refractivity contribution in [2.45, 2.75) is 49.7 Å². The number of aliphatic hydroxyl groups excluding tert-OH is 1. The summed E-state index contributed by atoms with van der Waals surface area (Å²) in [4.78, 5) is 12.4. The van der Waals surface area contributed by atoms with Crippen molar-refractivity contribution in [1.82, 2.24) is 5.32 Å². The van der Waals surface area contributed by atoms with Crippen molar-refractivity contribution in [1.29, 1.82) is 0 Å². The maximum atomic E-state index is 12.4. The van der Waals surface area contributed by atoms with Crippen molar-refractivity contribution >= 4 is 5.91 Å². The van der Waals surface area contributed by atoms with Crippen LogP contribution in [0.3, 0.4) is 0 Å². The molecule has 2 N–H and O–H groups in total. The van der Waals surface area contributed by atoms with Gasteiger partial charge in [-0.25, -0.2) is 0 Å². The number of rotatable bonds is 5. The van der Waals surface area contributed by atoms with Gasteiger partial charge in [0.15, 0.2) is 0 Å². The highest BCUT2D eigenvalue weighted by Crippen LogP contribution is 2.47. The van der Waals surface area contributed by atoms with Crippen LogP contribution in [0.25, 0.3) is 0 Å². The molecule has 4 heteroatoms. The Morgan fingerprint density at radius 3 is 2.68 bits per heavy atom. The minimum atomic E-state index is -0.437. The van der Waals surface area contributed by atoms with Gasteiger partial charge in [0.2, 0.25) is 5.91 Å². The lowest BCUT2D eigenvalue weighted by atomic mass is 9.84. The van der Waals surface area contributed by atoms with Crippen LogP contribution in [0.4, 0.5) is 0 Å². The summed E-state index contributed by atoms with van der Waals surface area (Å²) >= 11 is 0. The second kappa shape index (κ2) is 6.39. The highest BCUT2D eigenvalue weighted by molar-refractivity contribution is 5.79. The Kier molecular flexibility index (Phi) is 4.50. The molecule has 3 atom stereocenters. The van der Waals surface area contributed by atoms with E-state index in [-0.39, 0.29) is 23.3 Å². The van der Waals surface area contributed by atoms with Gasteiger partial charge in [0, 0.05) is 25.0 Å². The summed E-state index contributed by atoms with van der Waals surface area (Å²) in [5.74, 6) is 0.0658. The molecule has 22 heavy (non-hydrogen) atoms. The Bertz CT molecular complexity index is 512. The number of benzene rings is 1. The Morgan fingerprint density at radius 2 is 2.05 bits per heavy atom. The van der Waals surface area contributed by atoms with Gasteiger partial charge in [-0.1, -0.05) is 30.3 Å². The summed E-state index contributed by atoms with van der Waals surface area (Å²) in [7, 11) is 1.60. The third-order valence-corrected chi connectivity index (χ3v) is 5.27. The van der Waals surface area contributed by atoms with E-state index < -0.39 is 6.10 Å². The molecule has 0 unspecified atom stereocenters. The fourth-order valence-electron chi connectivity index (χ4n) is 3.52. The average Bonchev–Trinajstić information content (AvgIpc) is 3.35. The highest BCUT2D eigenvalue weighted by Gasteiger charge is 2.44. The van der Waals surface area contributed by atoms with Crippen molar-refractivity contribution in [2.75, 3.05) is 13.7 Å². The van der Waals surface area contributed by atoms with Crippen molar-refractivity contribution in [3.05, 3.63) is 35.9 Å². The summed E-state index contributed by atoms with van der Waals surface area (Å²) in [5.41, 5.74) is 1.47. The second-order valence-electron chi connectivity index (χ2n) is 6.72. The molecule has 120 valence electrons. The van der Waals surface area contributed by atoms with E-state index in [1.54, 1.807) is 7.11 Å². The van der Waals surface area contributed by atoms with Crippen LogP contribution in [0.2, 0.25) is 0 Å². The lowest BCUT2D eigenvalue weighted by Gasteiger charge is -2.32. The van der Waals surface area contributed by atoms with Crippen molar-refractivity contribution in [2.24, 2.45) is 5.92 Å². The van der Waals surface area contributed by atoms with Crippen LogP contribution in [0, 0.1) is 5.92 Å². The Hall–Kier alpha value is -1.39. The first-order chi connectivity index (χ1) is 10.6. The van der Waals surface area contributed by atoms with Crippen LogP contribution in [0.1, 0.15) is 37.7 Å². The molecule has 1 aromatic carbocycles. The lowest BCUT2D eigenvalue weighted by Crippen LogP contribution is -2.43. The van der Waals surface area contributed by atoms with Gasteiger partial charge in [0.1, 0.15) is 0 Å². The summed E-state index contributed by atoms with van der Waals surface area (Å²) in [6, 6.07) is 10.4. The number of aliphatic hydroxyl groups is 1. The SMILES string of the molecule is CO[C@@H]1C[C@H](C(=O)NCC2(c3ccccc3)CC2)CC[C@@H]1O. The minimum absolute atomic E-state index is 0.0417. The number of carbonyl (C=O) groups excluding carboxylic acids is 1. The van der Waals surface area contributed by atoms with E-state index in [1.165, 1.54) is 5.56 Å². The number of hydrogen-bond acceptors (Lipinski definition) is 3. The van der Waals surface area contributed by atoms with E-state index in [4.69, 9.17) is 4.74 Å². The number of ether oxygens (including phenoxy) is 1. The number of amides is 1. The quantitative estimate of drug-likeness (QED) is 0.875. The van der Waals surface area contributed by atoms with Gasteiger partial charge < -0.3 is 15.2 Å². The third-order valence-electron chi connectivity index (χ3n) is 5.27. The molecule has 2 aliphatic carbocycles. The Morgan fingerprint density at radius 1 is 1.32 bits per heavy atom. The fraction of sp³-hybridized carbons (Fsp3) is 0.611. The van der Waals surface area contributed by atoms with E-state index in [9.17, 15) is 9.90 Å². The topological polar surface area (TPSA) is 58.6 Å². The van der Waals surface area contributed by atoms with E-state index in [2.05, 4.69) is 29.6 Å². The maximum absolute atomic E-state index is 12.4. The van der Waals surface area contributed by atoms with Gasteiger partial charge in [-0.05, 0) is 37.7 Å². The summed E-state index contributed by atoms with van der Waals surface area (Å²) in [5, 5.41) is 13.0. The van der Waals surface area contributed by atoms with Crippen LogP contribution in [0.15, 0.2) is 30.3 Å². The molecule has 3 rings (SSSR count). The number of nitrogens with one attached hydrogen (secondary N) is 1. The predicted molar refractivity (Wildman–Crippen MR) is 84.5 cm³/mol. The van der Waals surface area contributed by atoms with E-state index in [0.29, 0.717) is 19.4 Å². The molecule has 0 aliphatic heterocycles. The average molecular weight is 303 g/mol.